The Morgan fingerprint density at radius 3 is 2.71 bits per heavy atom. The van der Waals surface area contributed by atoms with Gasteiger partial charge in [-0.15, -0.1) is 0 Å². The number of halogens is 1. The van der Waals surface area contributed by atoms with E-state index < -0.39 is 0 Å². The predicted octanol–water partition coefficient (Wildman–Crippen LogP) is 3.83. The number of hydrogen-bond donors (Lipinski definition) is 1. The number of carbonyl (C=O) groups excluding carboxylic acids is 1. The highest BCUT2D eigenvalue weighted by atomic mass is 35.5. The highest BCUT2D eigenvalue weighted by Crippen LogP contribution is 2.24. The lowest BCUT2D eigenvalue weighted by molar-refractivity contribution is 0.0857. The monoisotopic (exact) mass is 345 g/mol. The zero-order valence-electron chi connectivity index (χ0n) is 13.3. The molecule has 1 N–H and O–H groups in total. The maximum atomic E-state index is 12.1. The van der Waals surface area contributed by atoms with Gasteiger partial charge in [0.15, 0.2) is 0 Å². The van der Waals surface area contributed by atoms with E-state index in [0.717, 1.165) is 25.0 Å². The van der Waals surface area contributed by atoms with Gasteiger partial charge in [0.05, 0.1) is 11.1 Å². The van der Waals surface area contributed by atoms with Gasteiger partial charge in [-0.2, -0.15) is 0 Å². The molecule has 1 fully saturated rings. The van der Waals surface area contributed by atoms with Crippen LogP contribution < -0.4 is 10.1 Å². The van der Waals surface area contributed by atoms with Gasteiger partial charge in [-0.25, -0.2) is 0 Å². The van der Waals surface area contributed by atoms with Crippen molar-refractivity contribution in [2.45, 2.75) is 25.6 Å². The molecule has 3 rings (SSSR count). The van der Waals surface area contributed by atoms with E-state index >= 15 is 0 Å². The lowest BCUT2D eigenvalue weighted by atomic mass is 10.1. The number of rotatable bonds is 6. The summed E-state index contributed by atoms with van der Waals surface area (Å²) >= 11 is 6.06. The second-order valence-corrected chi connectivity index (χ2v) is 6.17. The molecule has 4 nitrogen and oxygen atoms in total. The molecule has 24 heavy (non-hydrogen) atoms. The molecule has 0 aliphatic carbocycles. The van der Waals surface area contributed by atoms with Crippen LogP contribution in [0.3, 0.4) is 0 Å². The summed E-state index contributed by atoms with van der Waals surface area (Å²) in [5, 5.41) is 3.50. The zero-order chi connectivity index (χ0) is 16.8. The first-order chi connectivity index (χ1) is 11.7. The van der Waals surface area contributed by atoms with E-state index in [1.54, 1.807) is 18.2 Å². The van der Waals surface area contributed by atoms with Crippen LogP contribution in [0.1, 0.15) is 28.8 Å². The Labute approximate surface area is 146 Å². The largest absolute Gasteiger partial charge is 0.487 e. The Bertz CT molecular complexity index is 681. The minimum Gasteiger partial charge on any atom is -0.487 e. The maximum absolute atomic E-state index is 12.1. The second kappa shape index (κ2) is 8.18. The van der Waals surface area contributed by atoms with Crippen LogP contribution in [0.15, 0.2) is 48.5 Å². The minimum atomic E-state index is -0.0796. The molecule has 0 unspecified atom stereocenters. The highest BCUT2D eigenvalue weighted by molar-refractivity contribution is 6.32. The lowest BCUT2D eigenvalue weighted by Gasteiger charge is -2.11. The molecule has 5 heteroatoms. The van der Waals surface area contributed by atoms with Gasteiger partial charge in [0, 0.05) is 18.7 Å². The average Bonchev–Trinajstić information content (AvgIpc) is 3.13. The van der Waals surface area contributed by atoms with Crippen LogP contribution in [0.4, 0.5) is 0 Å². The van der Waals surface area contributed by atoms with Gasteiger partial charge in [0.1, 0.15) is 12.4 Å². The highest BCUT2D eigenvalue weighted by Gasteiger charge is 2.16. The molecule has 2 aromatic rings. The van der Waals surface area contributed by atoms with Crippen molar-refractivity contribution in [1.29, 1.82) is 0 Å². The first kappa shape index (κ1) is 16.8. The molecule has 0 bridgehead atoms. The summed E-state index contributed by atoms with van der Waals surface area (Å²) in [4.78, 5) is 12.1. The van der Waals surface area contributed by atoms with Crippen molar-refractivity contribution in [3.05, 3.63) is 64.7 Å². The second-order valence-electron chi connectivity index (χ2n) is 5.76. The zero-order valence-corrected chi connectivity index (χ0v) is 14.1. The minimum absolute atomic E-state index is 0.0796. The molecule has 126 valence electrons. The normalized spacial score (nSPS) is 16.8. The average molecular weight is 346 g/mol. The Kier molecular flexibility index (Phi) is 5.72. The van der Waals surface area contributed by atoms with Gasteiger partial charge in [-0.1, -0.05) is 35.9 Å². The number of ether oxygens (including phenoxy) is 2. The van der Waals surface area contributed by atoms with Crippen molar-refractivity contribution in [2.24, 2.45) is 0 Å². The van der Waals surface area contributed by atoms with Gasteiger partial charge in [-0.05, 0) is 42.7 Å². The number of benzene rings is 2. The van der Waals surface area contributed by atoms with E-state index in [1.807, 2.05) is 30.3 Å². The Hall–Kier alpha value is -2.04. The molecule has 0 saturated carbocycles. The molecule has 1 atom stereocenters. The number of amides is 1. The molecular weight excluding hydrogens is 326 g/mol. The van der Waals surface area contributed by atoms with Crippen molar-refractivity contribution >= 4 is 17.5 Å². The van der Waals surface area contributed by atoms with Crippen molar-refractivity contribution in [2.75, 3.05) is 13.2 Å². The third-order valence-corrected chi connectivity index (χ3v) is 4.27. The van der Waals surface area contributed by atoms with Gasteiger partial charge in [0.25, 0.3) is 5.91 Å². The summed E-state index contributed by atoms with van der Waals surface area (Å²) < 4.78 is 11.2. The van der Waals surface area contributed by atoms with Crippen LogP contribution >= 0.6 is 11.6 Å². The lowest BCUT2D eigenvalue weighted by Crippen LogP contribution is -2.31. The maximum Gasteiger partial charge on any atom is 0.251 e. The molecule has 1 aliphatic rings. The van der Waals surface area contributed by atoms with E-state index in [0.29, 0.717) is 29.5 Å². The fraction of sp³-hybridized carbons (Fsp3) is 0.316. The quantitative estimate of drug-likeness (QED) is 0.865. The molecule has 1 amide bonds. The van der Waals surface area contributed by atoms with E-state index in [2.05, 4.69) is 5.32 Å². The Morgan fingerprint density at radius 1 is 1.21 bits per heavy atom. The first-order valence-electron chi connectivity index (χ1n) is 8.08. The van der Waals surface area contributed by atoms with E-state index in [9.17, 15) is 4.79 Å². The SMILES string of the molecule is O=C(NC[C@@H]1CCCO1)c1ccc(COc2ccccc2Cl)cc1. The third-order valence-electron chi connectivity index (χ3n) is 3.96. The fourth-order valence-corrected chi connectivity index (χ4v) is 2.78. The van der Waals surface area contributed by atoms with Crippen LogP contribution in [-0.2, 0) is 11.3 Å². The molecule has 1 aliphatic heterocycles. The fourth-order valence-electron chi connectivity index (χ4n) is 2.59. The molecule has 1 heterocycles. The van der Waals surface area contributed by atoms with Gasteiger partial charge >= 0.3 is 0 Å². The van der Waals surface area contributed by atoms with E-state index in [4.69, 9.17) is 21.1 Å². The molecule has 0 aromatic heterocycles. The summed E-state index contributed by atoms with van der Waals surface area (Å²) in [5.74, 6) is 0.571. The molecule has 2 aromatic carbocycles. The van der Waals surface area contributed by atoms with Crippen LogP contribution in [-0.4, -0.2) is 25.2 Å². The third kappa shape index (κ3) is 4.49. The van der Waals surface area contributed by atoms with Crippen LogP contribution in [0, 0.1) is 0 Å². The number of hydrogen-bond acceptors (Lipinski definition) is 3. The van der Waals surface area contributed by atoms with Crippen molar-refractivity contribution in [3.63, 3.8) is 0 Å². The summed E-state index contributed by atoms with van der Waals surface area (Å²) in [6.45, 7) is 1.76. The smallest absolute Gasteiger partial charge is 0.251 e. The van der Waals surface area contributed by atoms with Crippen molar-refractivity contribution < 1.29 is 14.3 Å². The predicted molar refractivity (Wildman–Crippen MR) is 93.5 cm³/mol. The van der Waals surface area contributed by atoms with Crippen LogP contribution in [0.5, 0.6) is 5.75 Å². The molecule has 0 spiro atoms. The van der Waals surface area contributed by atoms with E-state index in [-0.39, 0.29) is 12.0 Å². The first-order valence-corrected chi connectivity index (χ1v) is 8.46. The number of carbonyl (C=O) groups is 1. The van der Waals surface area contributed by atoms with Gasteiger partial charge in [-0.3, -0.25) is 4.79 Å². The molecule has 1 saturated heterocycles. The van der Waals surface area contributed by atoms with Gasteiger partial charge < -0.3 is 14.8 Å². The molecule has 0 radical (unpaired) electrons. The number of para-hydroxylation sites is 1. The van der Waals surface area contributed by atoms with Crippen molar-refractivity contribution in [3.8, 4) is 5.75 Å². The Morgan fingerprint density at radius 2 is 2.00 bits per heavy atom. The van der Waals surface area contributed by atoms with Gasteiger partial charge in [0.2, 0.25) is 0 Å². The van der Waals surface area contributed by atoms with E-state index in [1.165, 1.54) is 0 Å². The standard InChI is InChI=1S/C19H20ClNO3/c20-17-5-1-2-6-18(17)24-13-14-7-9-15(10-8-14)19(22)21-12-16-4-3-11-23-16/h1-2,5-10,16H,3-4,11-13H2,(H,21,22)/t16-/m0/s1. The van der Waals surface area contributed by atoms with Crippen LogP contribution in [0.25, 0.3) is 0 Å². The summed E-state index contributed by atoms with van der Waals surface area (Å²) in [7, 11) is 0. The summed E-state index contributed by atoms with van der Waals surface area (Å²) in [6, 6.07) is 14.7. The van der Waals surface area contributed by atoms with Crippen LogP contribution in [0.2, 0.25) is 5.02 Å². The summed E-state index contributed by atoms with van der Waals surface area (Å²) in [6.07, 6.45) is 2.23. The number of nitrogens with one attached hydrogen (secondary N) is 1. The summed E-state index contributed by atoms with van der Waals surface area (Å²) in [5.41, 5.74) is 1.61. The Balaban J connectivity index is 1.51. The molecular formula is C19H20ClNO3. The van der Waals surface area contributed by atoms with Crippen molar-refractivity contribution in [1.82, 2.24) is 5.32 Å². The topological polar surface area (TPSA) is 47.6 Å².